The summed E-state index contributed by atoms with van der Waals surface area (Å²) in [6.07, 6.45) is 8.16. The molecule has 1 aromatic heterocycles. The van der Waals surface area contributed by atoms with E-state index in [1.54, 1.807) is 0 Å². The molecule has 0 N–H and O–H groups in total. The van der Waals surface area contributed by atoms with Gasteiger partial charge in [-0.2, -0.15) is 0 Å². The molecule has 84 valence electrons. The van der Waals surface area contributed by atoms with Gasteiger partial charge in [-0.25, -0.2) is 4.98 Å². The zero-order valence-electron chi connectivity index (χ0n) is 9.70. The minimum Gasteiger partial charge on any atom is -0.335 e. The molecule has 3 nitrogen and oxygen atoms in total. The average Bonchev–Trinajstić information content (AvgIpc) is 2.66. The largest absolute Gasteiger partial charge is 0.335 e. The van der Waals surface area contributed by atoms with Crippen LogP contribution in [0, 0.1) is 0 Å². The van der Waals surface area contributed by atoms with E-state index in [1.807, 2.05) is 19.3 Å². The van der Waals surface area contributed by atoms with Crippen molar-refractivity contribution in [2.24, 2.45) is 0 Å². The van der Waals surface area contributed by atoms with Gasteiger partial charge < -0.3 is 4.57 Å². The number of carbonyl (C=O) groups excluding carboxylic acids is 1. The SMILES string of the molecule is CCCn1ccnc1CCCC(=O)CC. The van der Waals surface area contributed by atoms with Gasteiger partial charge in [0.15, 0.2) is 0 Å². The summed E-state index contributed by atoms with van der Waals surface area (Å²) in [5.41, 5.74) is 0. The molecule has 1 heterocycles. The van der Waals surface area contributed by atoms with Crippen LogP contribution >= 0.6 is 0 Å². The second kappa shape index (κ2) is 6.38. The Morgan fingerprint density at radius 1 is 1.47 bits per heavy atom. The van der Waals surface area contributed by atoms with Gasteiger partial charge >= 0.3 is 0 Å². The molecule has 0 amide bonds. The van der Waals surface area contributed by atoms with Crippen LogP contribution in [0.2, 0.25) is 0 Å². The predicted molar refractivity (Wildman–Crippen MR) is 60.8 cm³/mol. The lowest BCUT2D eigenvalue weighted by molar-refractivity contribution is -0.118. The Bertz CT molecular complexity index is 304. The quantitative estimate of drug-likeness (QED) is 0.690. The Balaban J connectivity index is 2.36. The van der Waals surface area contributed by atoms with E-state index in [9.17, 15) is 4.79 Å². The van der Waals surface area contributed by atoms with Gasteiger partial charge in [-0.3, -0.25) is 4.79 Å². The normalized spacial score (nSPS) is 10.5. The van der Waals surface area contributed by atoms with Crippen molar-refractivity contribution in [2.45, 2.75) is 52.5 Å². The summed E-state index contributed by atoms with van der Waals surface area (Å²) in [5, 5.41) is 0. The van der Waals surface area contributed by atoms with Gasteiger partial charge in [-0.05, 0) is 12.8 Å². The number of imidazole rings is 1. The highest BCUT2D eigenvalue weighted by Gasteiger charge is 2.03. The first-order chi connectivity index (χ1) is 7.27. The molecular weight excluding hydrogens is 188 g/mol. The predicted octanol–water partition coefficient (Wildman–Crippen LogP) is 2.59. The van der Waals surface area contributed by atoms with Crippen LogP contribution in [-0.2, 0) is 17.8 Å². The average molecular weight is 208 g/mol. The van der Waals surface area contributed by atoms with E-state index in [4.69, 9.17) is 0 Å². The molecule has 0 aliphatic rings. The van der Waals surface area contributed by atoms with Crippen LogP contribution < -0.4 is 0 Å². The number of aromatic nitrogens is 2. The van der Waals surface area contributed by atoms with Crippen LogP contribution in [-0.4, -0.2) is 15.3 Å². The number of hydrogen-bond donors (Lipinski definition) is 0. The summed E-state index contributed by atoms with van der Waals surface area (Å²) < 4.78 is 2.18. The van der Waals surface area contributed by atoms with E-state index in [-0.39, 0.29) is 0 Å². The van der Waals surface area contributed by atoms with Crippen LogP contribution in [0.5, 0.6) is 0 Å². The number of aryl methyl sites for hydroxylation is 2. The van der Waals surface area contributed by atoms with Crippen molar-refractivity contribution in [3.63, 3.8) is 0 Å². The van der Waals surface area contributed by atoms with Gasteiger partial charge in [0.25, 0.3) is 0 Å². The van der Waals surface area contributed by atoms with Crippen LogP contribution in [0.4, 0.5) is 0 Å². The molecule has 0 saturated carbocycles. The van der Waals surface area contributed by atoms with Crippen LogP contribution in [0.3, 0.4) is 0 Å². The number of hydrogen-bond acceptors (Lipinski definition) is 2. The Labute approximate surface area is 91.5 Å². The van der Waals surface area contributed by atoms with Crippen LogP contribution in [0.15, 0.2) is 12.4 Å². The van der Waals surface area contributed by atoms with E-state index >= 15 is 0 Å². The highest BCUT2D eigenvalue weighted by atomic mass is 16.1. The number of rotatable bonds is 7. The highest BCUT2D eigenvalue weighted by Crippen LogP contribution is 2.05. The standard InChI is InChI=1S/C12H20N2O/c1-3-9-14-10-8-13-12(14)7-5-6-11(15)4-2/h8,10H,3-7,9H2,1-2H3. The first-order valence-electron chi connectivity index (χ1n) is 5.79. The van der Waals surface area contributed by atoms with Crippen molar-refractivity contribution in [3.8, 4) is 0 Å². The molecule has 3 heteroatoms. The second-order valence-corrected chi connectivity index (χ2v) is 3.78. The monoisotopic (exact) mass is 208 g/mol. The third kappa shape index (κ3) is 3.86. The molecule has 0 aliphatic carbocycles. The fourth-order valence-corrected chi connectivity index (χ4v) is 1.63. The van der Waals surface area contributed by atoms with Gasteiger partial charge in [-0.1, -0.05) is 13.8 Å². The summed E-state index contributed by atoms with van der Waals surface area (Å²) in [7, 11) is 0. The van der Waals surface area contributed by atoms with E-state index < -0.39 is 0 Å². The van der Waals surface area contributed by atoms with Crippen molar-refractivity contribution in [2.75, 3.05) is 0 Å². The first kappa shape index (κ1) is 12.0. The van der Waals surface area contributed by atoms with Gasteiger partial charge in [0, 0.05) is 38.2 Å². The molecule has 0 aromatic carbocycles. The summed E-state index contributed by atoms with van der Waals surface area (Å²) in [6.45, 7) is 5.10. The van der Waals surface area contributed by atoms with Crippen molar-refractivity contribution in [1.29, 1.82) is 0 Å². The number of carbonyl (C=O) groups is 1. The topological polar surface area (TPSA) is 34.9 Å². The lowest BCUT2D eigenvalue weighted by Crippen LogP contribution is -2.04. The number of Topliss-reactive ketones (excluding diaryl/α,β-unsaturated/α-hetero) is 1. The lowest BCUT2D eigenvalue weighted by Gasteiger charge is -2.05. The molecule has 0 unspecified atom stereocenters. The van der Waals surface area contributed by atoms with E-state index in [0.29, 0.717) is 18.6 Å². The van der Waals surface area contributed by atoms with Crippen molar-refractivity contribution < 1.29 is 4.79 Å². The third-order valence-electron chi connectivity index (χ3n) is 2.52. The smallest absolute Gasteiger partial charge is 0.132 e. The molecule has 0 aliphatic heterocycles. The Kier molecular flexibility index (Phi) is 5.08. The Morgan fingerprint density at radius 3 is 2.93 bits per heavy atom. The number of nitrogens with zero attached hydrogens (tertiary/aromatic N) is 2. The maximum absolute atomic E-state index is 11.1. The Hall–Kier alpha value is -1.12. The molecule has 0 saturated heterocycles. The molecule has 0 bridgehead atoms. The lowest BCUT2D eigenvalue weighted by atomic mass is 10.1. The Morgan fingerprint density at radius 2 is 2.27 bits per heavy atom. The summed E-state index contributed by atoms with van der Waals surface area (Å²) >= 11 is 0. The molecular formula is C12H20N2O. The minimum atomic E-state index is 0.351. The first-order valence-corrected chi connectivity index (χ1v) is 5.79. The van der Waals surface area contributed by atoms with Crippen LogP contribution in [0.25, 0.3) is 0 Å². The maximum Gasteiger partial charge on any atom is 0.132 e. The van der Waals surface area contributed by atoms with Crippen molar-refractivity contribution >= 4 is 5.78 Å². The van der Waals surface area contributed by atoms with E-state index in [1.165, 1.54) is 0 Å². The third-order valence-corrected chi connectivity index (χ3v) is 2.52. The molecule has 0 fully saturated rings. The molecule has 1 rings (SSSR count). The van der Waals surface area contributed by atoms with Crippen LogP contribution in [0.1, 0.15) is 45.4 Å². The van der Waals surface area contributed by atoms with Gasteiger partial charge in [-0.15, -0.1) is 0 Å². The number of ketones is 1. The van der Waals surface area contributed by atoms with Crippen molar-refractivity contribution in [3.05, 3.63) is 18.2 Å². The molecule has 15 heavy (non-hydrogen) atoms. The van der Waals surface area contributed by atoms with E-state index in [2.05, 4.69) is 16.5 Å². The second-order valence-electron chi connectivity index (χ2n) is 3.78. The fraction of sp³-hybridized carbons (Fsp3) is 0.667. The van der Waals surface area contributed by atoms with Gasteiger partial charge in [0.05, 0.1) is 0 Å². The zero-order valence-corrected chi connectivity index (χ0v) is 9.70. The maximum atomic E-state index is 11.1. The zero-order chi connectivity index (χ0) is 11.1. The molecule has 1 aromatic rings. The summed E-state index contributed by atoms with van der Waals surface area (Å²) in [4.78, 5) is 15.4. The fourth-order valence-electron chi connectivity index (χ4n) is 1.63. The van der Waals surface area contributed by atoms with Gasteiger partial charge in [0.1, 0.15) is 11.6 Å². The van der Waals surface area contributed by atoms with Crippen molar-refractivity contribution in [1.82, 2.24) is 9.55 Å². The summed E-state index contributed by atoms with van der Waals surface area (Å²) in [6, 6.07) is 0. The summed E-state index contributed by atoms with van der Waals surface area (Å²) in [5.74, 6) is 1.46. The van der Waals surface area contributed by atoms with Gasteiger partial charge in [0.2, 0.25) is 0 Å². The van der Waals surface area contributed by atoms with E-state index in [0.717, 1.165) is 31.6 Å². The highest BCUT2D eigenvalue weighted by molar-refractivity contribution is 5.77. The molecule has 0 spiro atoms. The molecule has 0 atom stereocenters. The molecule has 0 radical (unpaired) electrons. The minimum absolute atomic E-state index is 0.351.